The van der Waals surface area contributed by atoms with Gasteiger partial charge in [-0.1, -0.05) is 44.0 Å². The molecule has 0 fully saturated rings. The Bertz CT molecular complexity index is 440. The Kier molecular flexibility index (Phi) is 5.01. The summed E-state index contributed by atoms with van der Waals surface area (Å²) in [7, 11) is -2.99. The van der Waals surface area contributed by atoms with Gasteiger partial charge >= 0.3 is 0 Å². The van der Waals surface area contributed by atoms with Crippen LogP contribution < -0.4 is 0 Å². The van der Waals surface area contributed by atoms with Crippen LogP contribution in [0.4, 0.5) is 0 Å². The lowest BCUT2D eigenvalue weighted by atomic mass is 10.1. The standard InChI is InChI=1S/C11H14Br2O2S/c1-8(16(2,14)15)11(13)7-9-3-5-10(12)6-4-9/h3-6,8,11H,7H2,1-2H3. The highest BCUT2D eigenvalue weighted by Crippen LogP contribution is 2.19. The van der Waals surface area contributed by atoms with E-state index in [4.69, 9.17) is 0 Å². The van der Waals surface area contributed by atoms with Crippen LogP contribution in [-0.4, -0.2) is 24.8 Å². The van der Waals surface area contributed by atoms with Crippen LogP contribution in [0.5, 0.6) is 0 Å². The van der Waals surface area contributed by atoms with Crippen LogP contribution in [0.3, 0.4) is 0 Å². The highest BCUT2D eigenvalue weighted by Gasteiger charge is 2.23. The largest absolute Gasteiger partial charge is 0.229 e. The molecule has 2 nitrogen and oxygen atoms in total. The third kappa shape index (κ3) is 4.18. The fourth-order valence-electron chi connectivity index (χ4n) is 1.28. The van der Waals surface area contributed by atoms with Crippen molar-refractivity contribution in [3.63, 3.8) is 0 Å². The second kappa shape index (κ2) is 5.65. The van der Waals surface area contributed by atoms with E-state index in [0.717, 1.165) is 10.0 Å². The van der Waals surface area contributed by atoms with Crippen molar-refractivity contribution in [1.29, 1.82) is 0 Å². The van der Waals surface area contributed by atoms with Crippen LogP contribution in [0.2, 0.25) is 0 Å². The van der Waals surface area contributed by atoms with E-state index in [1.165, 1.54) is 6.26 Å². The fourth-order valence-corrected chi connectivity index (χ4v) is 3.73. The molecular weight excluding hydrogens is 356 g/mol. The van der Waals surface area contributed by atoms with E-state index in [0.29, 0.717) is 6.42 Å². The molecule has 2 atom stereocenters. The van der Waals surface area contributed by atoms with E-state index in [9.17, 15) is 8.42 Å². The lowest BCUT2D eigenvalue weighted by Crippen LogP contribution is -2.27. The highest BCUT2D eigenvalue weighted by molar-refractivity contribution is 9.10. The number of hydrogen-bond donors (Lipinski definition) is 0. The Balaban J connectivity index is 2.71. The Morgan fingerprint density at radius 3 is 2.19 bits per heavy atom. The van der Waals surface area contributed by atoms with Gasteiger partial charge in [0.25, 0.3) is 0 Å². The maximum Gasteiger partial charge on any atom is 0.151 e. The molecule has 0 saturated heterocycles. The first-order chi connectivity index (χ1) is 7.30. The van der Waals surface area contributed by atoms with Crippen LogP contribution in [0.15, 0.2) is 28.7 Å². The molecule has 0 aromatic heterocycles. The van der Waals surface area contributed by atoms with E-state index in [2.05, 4.69) is 31.9 Å². The van der Waals surface area contributed by atoms with Crippen molar-refractivity contribution >= 4 is 41.7 Å². The van der Waals surface area contributed by atoms with Gasteiger partial charge in [0.15, 0.2) is 9.84 Å². The normalized spacial score (nSPS) is 15.8. The predicted molar refractivity (Wildman–Crippen MR) is 74.9 cm³/mol. The quantitative estimate of drug-likeness (QED) is 0.763. The van der Waals surface area contributed by atoms with E-state index < -0.39 is 9.84 Å². The van der Waals surface area contributed by atoms with E-state index in [1.807, 2.05) is 24.3 Å². The van der Waals surface area contributed by atoms with Gasteiger partial charge in [-0.05, 0) is 31.0 Å². The molecular formula is C11H14Br2O2S. The van der Waals surface area contributed by atoms with E-state index in [-0.39, 0.29) is 10.1 Å². The zero-order valence-corrected chi connectivity index (χ0v) is 13.1. The van der Waals surface area contributed by atoms with Gasteiger partial charge in [0, 0.05) is 15.6 Å². The zero-order valence-electron chi connectivity index (χ0n) is 9.15. The molecule has 0 heterocycles. The van der Waals surface area contributed by atoms with Crippen LogP contribution in [0.1, 0.15) is 12.5 Å². The summed E-state index contributed by atoms with van der Waals surface area (Å²) in [5.41, 5.74) is 1.13. The average molecular weight is 370 g/mol. The summed E-state index contributed by atoms with van der Waals surface area (Å²) in [4.78, 5) is -0.0522. The van der Waals surface area contributed by atoms with Crippen molar-refractivity contribution in [3.05, 3.63) is 34.3 Å². The average Bonchev–Trinajstić information content (AvgIpc) is 2.19. The summed E-state index contributed by atoms with van der Waals surface area (Å²) < 4.78 is 23.8. The number of sulfone groups is 1. The number of hydrogen-bond acceptors (Lipinski definition) is 2. The van der Waals surface area contributed by atoms with Gasteiger partial charge in [-0.25, -0.2) is 8.42 Å². The molecule has 0 radical (unpaired) electrons. The summed E-state index contributed by atoms with van der Waals surface area (Å²) in [5, 5.41) is -0.379. The Morgan fingerprint density at radius 1 is 1.25 bits per heavy atom. The second-order valence-electron chi connectivity index (χ2n) is 3.88. The van der Waals surface area contributed by atoms with Crippen LogP contribution >= 0.6 is 31.9 Å². The minimum atomic E-state index is -2.99. The van der Waals surface area contributed by atoms with Crippen molar-refractivity contribution < 1.29 is 8.42 Å². The summed E-state index contributed by atoms with van der Waals surface area (Å²) in [6.07, 6.45) is 1.98. The minimum Gasteiger partial charge on any atom is -0.229 e. The Morgan fingerprint density at radius 2 is 1.75 bits per heavy atom. The summed E-state index contributed by atoms with van der Waals surface area (Å²) in [6, 6.07) is 7.90. The molecule has 90 valence electrons. The minimum absolute atomic E-state index is 0.0522. The molecule has 16 heavy (non-hydrogen) atoms. The lowest BCUT2D eigenvalue weighted by molar-refractivity contribution is 0.586. The Hall–Kier alpha value is 0.130. The molecule has 2 unspecified atom stereocenters. The van der Waals surface area contributed by atoms with Gasteiger partial charge in [0.05, 0.1) is 5.25 Å². The number of rotatable bonds is 4. The second-order valence-corrected chi connectivity index (χ2v) is 8.38. The SMILES string of the molecule is CC(C(Br)Cc1ccc(Br)cc1)S(C)(=O)=O. The van der Waals surface area contributed by atoms with Crippen LogP contribution in [0.25, 0.3) is 0 Å². The third-order valence-electron chi connectivity index (χ3n) is 2.53. The smallest absolute Gasteiger partial charge is 0.151 e. The van der Waals surface area contributed by atoms with Crippen molar-refractivity contribution in [1.82, 2.24) is 0 Å². The number of benzene rings is 1. The molecule has 1 aromatic carbocycles. The van der Waals surface area contributed by atoms with Gasteiger partial charge < -0.3 is 0 Å². The number of halogens is 2. The van der Waals surface area contributed by atoms with Gasteiger partial charge in [-0.3, -0.25) is 0 Å². The molecule has 0 amide bonds. The zero-order chi connectivity index (χ0) is 12.3. The highest BCUT2D eigenvalue weighted by atomic mass is 79.9. The maximum absolute atomic E-state index is 11.4. The molecule has 1 rings (SSSR count). The molecule has 5 heteroatoms. The molecule has 0 spiro atoms. The fraction of sp³-hybridized carbons (Fsp3) is 0.455. The monoisotopic (exact) mass is 368 g/mol. The van der Waals surface area contributed by atoms with Crippen molar-refractivity contribution in [2.24, 2.45) is 0 Å². The van der Waals surface area contributed by atoms with Crippen molar-refractivity contribution in [2.45, 2.75) is 23.4 Å². The predicted octanol–water partition coefficient (Wildman–Crippen LogP) is 3.19. The van der Waals surface area contributed by atoms with Crippen molar-refractivity contribution in [2.75, 3.05) is 6.26 Å². The van der Waals surface area contributed by atoms with Gasteiger partial charge in [-0.15, -0.1) is 0 Å². The molecule has 0 saturated carbocycles. The first-order valence-electron chi connectivity index (χ1n) is 4.88. The van der Waals surface area contributed by atoms with E-state index >= 15 is 0 Å². The van der Waals surface area contributed by atoms with Crippen LogP contribution in [0, 0.1) is 0 Å². The molecule has 1 aromatic rings. The molecule has 0 aliphatic heterocycles. The van der Waals surface area contributed by atoms with Gasteiger partial charge in [0.1, 0.15) is 0 Å². The molecule has 0 aliphatic carbocycles. The summed E-state index contributed by atoms with van der Waals surface area (Å²) in [5.74, 6) is 0. The van der Waals surface area contributed by atoms with Crippen LogP contribution in [-0.2, 0) is 16.3 Å². The Labute approximate surface area is 114 Å². The third-order valence-corrected chi connectivity index (χ3v) is 6.20. The molecule has 0 aliphatic rings. The number of alkyl halides is 1. The summed E-state index contributed by atoms with van der Waals surface area (Å²) >= 11 is 6.81. The van der Waals surface area contributed by atoms with E-state index in [1.54, 1.807) is 6.92 Å². The topological polar surface area (TPSA) is 34.1 Å². The molecule has 0 N–H and O–H groups in total. The van der Waals surface area contributed by atoms with Gasteiger partial charge in [-0.2, -0.15) is 0 Å². The lowest BCUT2D eigenvalue weighted by Gasteiger charge is -2.16. The van der Waals surface area contributed by atoms with Gasteiger partial charge in [0.2, 0.25) is 0 Å². The summed E-state index contributed by atoms with van der Waals surface area (Å²) in [6.45, 7) is 1.73. The first-order valence-corrected chi connectivity index (χ1v) is 8.54. The van der Waals surface area contributed by atoms with Crippen molar-refractivity contribution in [3.8, 4) is 0 Å². The maximum atomic E-state index is 11.4. The molecule has 0 bridgehead atoms. The first kappa shape index (κ1) is 14.2.